The molecule has 0 atom stereocenters. The normalized spacial score (nSPS) is 19.7. The third-order valence-corrected chi connectivity index (χ3v) is 3.96. The molecule has 17 heavy (non-hydrogen) atoms. The first-order valence-electron chi connectivity index (χ1n) is 6.92. The Bertz CT molecular complexity index is 390. The van der Waals surface area contributed by atoms with Crippen LogP contribution in [0.1, 0.15) is 31.2 Å². The third kappa shape index (κ3) is 2.56. The van der Waals surface area contributed by atoms with Crippen molar-refractivity contribution in [3.05, 3.63) is 23.8 Å². The average Bonchev–Trinajstić information content (AvgIpc) is 3.00. The Labute approximate surface area is 104 Å². The molecule has 2 heteroatoms. The maximum absolute atomic E-state index is 3.57. The topological polar surface area (TPSA) is 15.3 Å². The van der Waals surface area contributed by atoms with E-state index >= 15 is 0 Å². The van der Waals surface area contributed by atoms with E-state index in [1.807, 2.05) is 0 Å². The number of aryl methyl sites for hydroxylation is 1. The van der Waals surface area contributed by atoms with Gasteiger partial charge in [0.1, 0.15) is 0 Å². The van der Waals surface area contributed by atoms with Crippen LogP contribution in [0.3, 0.4) is 0 Å². The van der Waals surface area contributed by atoms with Gasteiger partial charge in [-0.25, -0.2) is 0 Å². The Morgan fingerprint density at radius 3 is 2.65 bits per heavy atom. The summed E-state index contributed by atoms with van der Waals surface area (Å²) in [5, 5.41) is 3.57. The van der Waals surface area contributed by atoms with Gasteiger partial charge in [-0.05, 0) is 62.3 Å². The summed E-state index contributed by atoms with van der Waals surface area (Å²) in [6, 6.07) is 6.86. The van der Waals surface area contributed by atoms with Gasteiger partial charge in [-0.2, -0.15) is 0 Å². The van der Waals surface area contributed by atoms with E-state index in [4.69, 9.17) is 0 Å². The Kier molecular flexibility index (Phi) is 2.96. The Morgan fingerprint density at radius 1 is 1.24 bits per heavy atom. The number of nitrogens with zero attached hydrogens (tertiary/aromatic N) is 1. The fourth-order valence-electron chi connectivity index (χ4n) is 2.59. The van der Waals surface area contributed by atoms with Crippen LogP contribution in [0.15, 0.2) is 18.2 Å². The predicted molar refractivity (Wildman–Crippen MR) is 73.8 cm³/mol. The SMILES string of the molecule is Cc1cc(N2CCCC2)ccc1NCC1CC1. The first kappa shape index (κ1) is 10.9. The fourth-order valence-corrected chi connectivity index (χ4v) is 2.59. The molecule has 1 saturated heterocycles. The lowest BCUT2D eigenvalue weighted by atomic mass is 10.1. The summed E-state index contributed by atoms with van der Waals surface area (Å²) in [5.41, 5.74) is 4.10. The molecule has 0 unspecified atom stereocenters. The van der Waals surface area contributed by atoms with Crippen LogP contribution in [0, 0.1) is 12.8 Å². The van der Waals surface area contributed by atoms with E-state index in [9.17, 15) is 0 Å². The standard InChI is InChI=1S/C15H22N2/c1-12-10-14(17-8-2-3-9-17)6-7-15(12)16-11-13-4-5-13/h6-7,10,13,16H,2-5,8-9,11H2,1H3. The van der Waals surface area contributed by atoms with Crippen LogP contribution in [0.2, 0.25) is 0 Å². The molecule has 0 aromatic heterocycles. The molecule has 1 aliphatic carbocycles. The predicted octanol–water partition coefficient (Wildman–Crippen LogP) is 3.42. The summed E-state index contributed by atoms with van der Waals surface area (Å²) in [6.45, 7) is 5.83. The van der Waals surface area contributed by atoms with Gasteiger partial charge in [0.25, 0.3) is 0 Å². The summed E-state index contributed by atoms with van der Waals surface area (Å²) in [6.07, 6.45) is 5.53. The van der Waals surface area contributed by atoms with Gasteiger partial charge in [0, 0.05) is 31.0 Å². The summed E-state index contributed by atoms with van der Waals surface area (Å²) in [5.74, 6) is 0.938. The fraction of sp³-hybridized carbons (Fsp3) is 0.600. The number of rotatable bonds is 4. The lowest BCUT2D eigenvalue weighted by Gasteiger charge is -2.19. The van der Waals surface area contributed by atoms with Crippen molar-refractivity contribution in [2.75, 3.05) is 29.9 Å². The van der Waals surface area contributed by atoms with Gasteiger partial charge in [-0.3, -0.25) is 0 Å². The minimum absolute atomic E-state index is 0.938. The Morgan fingerprint density at radius 2 is 2.00 bits per heavy atom. The largest absolute Gasteiger partial charge is 0.385 e. The van der Waals surface area contributed by atoms with Crippen molar-refractivity contribution < 1.29 is 0 Å². The zero-order chi connectivity index (χ0) is 11.7. The van der Waals surface area contributed by atoms with Crippen molar-refractivity contribution in [2.24, 2.45) is 5.92 Å². The van der Waals surface area contributed by atoms with Crippen molar-refractivity contribution in [2.45, 2.75) is 32.6 Å². The molecule has 2 aliphatic rings. The zero-order valence-corrected chi connectivity index (χ0v) is 10.7. The minimum Gasteiger partial charge on any atom is -0.385 e. The molecule has 2 fully saturated rings. The smallest absolute Gasteiger partial charge is 0.0371 e. The summed E-state index contributed by atoms with van der Waals surface area (Å²) >= 11 is 0. The highest BCUT2D eigenvalue weighted by atomic mass is 15.1. The highest BCUT2D eigenvalue weighted by molar-refractivity contribution is 5.60. The molecule has 0 radical (unpaired) electrons. The van der Waals surface area contributed by atoms with Crippen molar-refractivity contribution in [3.63, 3.8) is 0 Å². The van der Waals surface area contributed by atoms with Crippen LogP contribution in [-0.4, -0.2) is 19.6 Å². The zero-order valence-electron chi connectivity index (χ0n) is 10.7. The number of hydrogen-bond acceptors (Lipinski definition) is 2. The molecule has 1 heterocycles. The molecule has 1 aliphatic heterocycles. The summed E-state index contributed by atoms with van der Waals surface area (Å²) in [7, 11) is 0. The van der Waals surface area contributed by atoms with Gasteiger partial charge >= 0.3 is 0 Å². The minimum atomic E-state index is 0.938. The highest BCUT2D eigenvalue weighted by Gasteiger charge is 2.21. The third-order valence-electron chi connectivity index (χ3n) is 3.96. The molecule has 0 spiro atoms. The lowest BCUT2D eigenvalue weighted by molar-refractivity contribution is 0.887. The molecule has 3 rings (SSSR count). The van der Waals surface area contributed by atoms with Gasteiger partial charge in [-0.15, -0.1) is 0 Å². The lowest BCUT2D eigenvalue weighted by Crippen LogP contribution is -2.17. The van der Waals surface area contributed by atoms with E-state index in [1.54, 1.807) is 0 Å². The van der Waals surface area contributed by atoms with E-state index in [1.165, 1.54) is 55.7 Å². The molecule has 2 nitrogen and oxygen atoms in total. The molecule has 1 N–H and O–H groups in total. The van der Waals surface area contributed by atoms with Crippen LogP contribution >= 0.6 is 0 Å². The molecule has 1 aromatic rings. The van der Waals surface area contributed by atoms with E-state index in [-0.39, 0.29) is 0 Å². The molecule has 1 aromatic carbocycles. The average molecular weight is 230 g/mol. The first-order chi connectivity index (χ1) is 8.33. The Hall–Kier alpha value is -1.18. The second-order valence-corrected chi connectivity index (χ2v) is 5.52. The van der Waals surface area contributed by atoms with Crippen molar-refractivity contribution in [1.82, 2.24) is 0 Å². The maximum atomic E-state index is 3.57. The molecule has 92 valence electrons. The summed E-state index contributed by atoms with van der Waals surface area (Å²) in [4.78, 5) is 2.50. The monoisotopic (exact) mass is 230 g/mol. The van der Waals surface area contributed by atoms with Crippen LogP contribution in [0.4, 0.5) is 11.4 Å². The highest BCUT2D eigenvalue weighted by Crippen LogP contribution is 2.30. The van der Waals surface area contributed by atoms with Crippen molar-refractivity contribution in [1.29, 1.82) is 0 Å². The number of nitrogens with one attached hydrogen (secondary N) is 1. The van der Waals surface area contributed by atoms with Crippen LogP contribution in [-0.2, 0) is 0 Å². The van der Waals surface area contributed by atoms with E-state index < -0.39 is 0 Å². The van der Waals surface area contributed by atoms with Crippen molar-refractivity contribution in [3.8, 4) is 0 Å². The molecule has 0 amide bonds. The molecular weight excluding hydrogens is 208 g/mol. The quantitative estimate of drug-likeness (QED) is 0.852. The van der Waals surface area contributed by atoms with E-state index in [2.05, 4.69) is 35.3 Å². The van der Waals surface area contributed by atoms with Gasteiger partial charge in [0.2, 0.25) is 0 Å². The van der Waals surface area contributed by atoms with Gasteiger partial charge in [0.15, 0.2) is 0 Å². The van der Waals surface area contributed by atoms with E-state index in [0.717, 1.165) is 12.5 Å². The second kappa shape index (κ2) is 4.59. The van der Waals surface area contributed by atoms with Gasteiger partial charge in [-0.1, -0.05) is 0 Å². The van der Waals surface area contributed by atoms with Crippen LogP contribution in [0.5, 0.6) is 0 Å². The van der Waals surface area contributed by atoms with Gasteiger partial charge < -0.3 is 10.2 Å². The van der Waals surface area contributed by atoms with E-state index in [0.29, 0.717) is 0 Å². The van der Waals surface area contributed by atoms with Crippen LogP contribution in [0.25, 0.3) is 0 Å². The Balaban J connectivity index is 1.68. The molecular formula is C15H22N2. The second-order valence-electron chi connectivity index (χ2n) is 5.52. The number of hydrogen-bond donors (Lipinski definition) is 1. The first-order valence-corrected chi connectivity index (χ1v) is 6.92. The number of benzene rings is 1. The van der Waals surface area contributed by atoms with Crippen LogP contribution < -0.4 is 10.2 Å². The molecule has 1 saturated carbocycles. The van der Waals surface area contributed by atoms with Crippen molar-refractivity contribution >= 4 is 11.4 Å². The number of anilines is 2. The summed E-state index contributed by atoms with van der Waals surface area (Å²) < 4.78 is 0. The molecule has 0 bridgehead atoms. The maximum Gasteiger partial charge on any atom is 0.0371 e. The van der Waals surface area contributed by atoms with Gasteiger partial charge in [0.05, 0.1) is 0 Å².